The Hall–Kier alpha value is -3.24. The van der Waals surface area contributed by atoms with E-state index in [9.17, 15) is 22.8 Å². The van der Waals surface area contributed by atoms with Gasteiger partial charge in [-0.1, -0.05) is 62.4 Å². The summed E-state index contributed by atoms with van der Waals surface area (Å²) < 4.78 is 28.0. The molecule has 0 aromatic heterocycles. The molecule has 2 aromatic rings. The van der Waals surface area contributed by atoms with Crippen molar-refractivity contribution in [2.75, 3.05) is 19.3 Å². The minimum atomic E-state index is -3.77. The first kappa shape index (κ1) is 30.0. The van der Waals surface area contributed by atoms with E-state index in [1.165, 1.54) is 7.05 Å². The van der Waals surface area contributed by atoms with Gasteiger partial charge in [0.15, 0.2) is 0 Å². The summed E-state index contributed by atoms with van der Waals surface area (Å²) in [5.74, 6) is -1.26. The number of nitrogens with one attached hydrogen (secondary N) is 4. The summed E-state index contributed by atoms with van der Waals surface area (Å²) in [6.07, 6.45) is 1.34. The van der Waals surface area contributed by atoms with E-state index in [4.69, 9.17) is 0 Å². The fourth-order valence-electron chi connectivity index (χ4n) is 3.77. The molecule has 2 aromatic carbocycles. The second kappa shape index (κ2) is 15.1. The minimum Gasteiger partial charge on any atom is -0.357 e. The van der Waals surface area contributed by atoms with Gasteiger partial charge in [0.1, 0.15) is 12.1 Å². The molecule has 0 spiro atoms. The van der Waals surface area contributed by atoms with Crippen LogP contribution in [0.25, 0.3) is 0 Å². The van der Waals surface area contributed by atoms with Gasteiger partial charge in [-0.05, 0) is 42.9 Å². The summed E-state index contributed by atoms with van der Waals surface area (Å²) in [6.45, 7) is 4.13. The molecule has 202 valence electrons. The molecule has 0 aliphatic heterocycles. The van der Waals surface area contributed by atoms with E-state index in [-0.39, 0.29) is 36.3 Å². The van der Waals surface area contributed by atoms with Gasteiger partial charge in [-0.15, -0.1) is 0 Å². The predicted molar refractivity (Wildman–Crippen MR) is 144 cm³/mol. The normalized spacial score (nSPS) is 13.0. The topological polar surface area (TPSA) is 133 Å². The van der Waals surface area contributed by atoms with Crippen LogP contribution in [0, 0.1) is 5.92 Å². The van der Waals surface area contributed by atoms with Gasteiger partial charge >= 0.3 is 0 Å². The van der Waals surface area contributed by atoms with Crippen molar-refractivity contribution in [1.29, 1.82) is 0 Å². The number of sulfonamides is 1. The maximum atomic E-state index is 13.1. The van der Waals surface area contributed by atoms with Crippen LogP contribution in [0.4, 0.5) is 0 Å². The molecule has 2 atom stereocenters. The van der Waals surface area contributed by atoms with E-state index in [0.29, 0.717) is 24.9 Å². The van der Waals surface area contributed by atoms with E-state index < -0.39 is 28.0 Å². The van der Waals surface area contributed by atoms with Crippen molar-refractivity contribution in [3.05, 3.63) is 71.8 Å². The van der Waals surface area contributed by atoms with Crippen molar-refractivity contribution >= 4 is 27.7 Å². The molecule has 0 bridgehead atoms. The zero-order valence-corrected chi connectivity index (χ0v) is 22.5. The summed E-state index contributed by atoms with van der Waals surface area (Å²) in [5.41, 5.74) is 1.42. The molecule has 37 heavy (non-hydrogen) atoms. The summed E-state index contributed by atoms with van der Waals surface area (Å²) in [5, 5.41) is 8.05. The second-order valence-corrected chi connectivity index (χ2v) is 11.2. The van der Waals surface area contributed by atoms with Crippen molar-refractivity contribution in [2.24, 2.45) is 5.92 Å². The lowest BCUT2D eigenvalue weighted by Crippen LogP contribution is -2.54. The Bertz CT molecular complexity index is 1110. The molecule has 0 unspecified atom stereocenters. The molecule has 2 rings (SSSR count). The third-order valence-corrected chi connectivity index (χ3v) is 7.14. The largest absolute Gasteiger partial charge is 0.357 e. The number of unbranched alkanes of at least 4 members (excludes halogenated alkanes) is 1. The zero-order chi connectivity index (χ0) is 27.3. The van der Waals surface area contributed by atoms with Gasteiger partial charge in [-0.25, -0.2) is 13.1 Å². The highest BCUT2D eigenvalue weighted by Crippen LogP contribution is 2.10. The first-order chi connectivity index (χ1) is 17.6. The number of carbonyl (C=O) groups is 3. The quantitative estimate of drug-likeness (QED) is 0.262. The maximum absolute atomic E-state index is 13.1. The average molecular weight is 531 g/mol. The lowest BCUT2D eigenvalue weighted by molar-refractivity contribution is -0.129. The van der Waals surface area contributed by atoms with E-state index in [0.717, 1.165) is 5.56 Å². The van der Waals surface area contributed by atoms with Crippen LogP contribution < -0.4 is 20.7 Å². The second-order valence-electron chi connectivity index (χ2n) is 9.31. The van der Waals surface area contributed by atoms with Crippen LogP contribution in [-0.4, -0.2) is 57.6 Å². The predicted octanol–water partition coefficient (Wildman–Crippen LogP) is 2.00. The minimum absolute atomic E-state index is 0.0409. The Kier molecular flexibility index (Phi) is 12.2. The number of rotatable bonds is 15. The summed E-state index contributed by atoms with van der Waals surface area (Å²) in [6, 6.07) is 16.2. The van der Waals surface area contributed by atoms with Crippen molar-refractivity contribution in [3.63, 3.8) is 0 Å². The number of benzene rings is 2. The van der Waals surface area contributed by atoms with Crippen LogP contribution >= 0.6 is 0 Å². The molecular weight excluding hydrogens is 492 g/mol. The maximum Gasteiger partial charge on any atom is 0.251 e. The average Bonchev–Trinajstić information content (AvgIpc) is 2.87. The molecule has 3 amide bonds. The molecule has 0 radical (unpaired) electrons. The highest BCUT2D eigenvalue weighted by molar-refractivity contribution is 7.89. The number of amides is 3. The number of likely N-dealkylation sites (N-methyl/N-ethyl adjacent to an activating group) is 1. The van der Waals surface area contributed by atoms with Crippen molar-refractivity contribution in [1.82, 2.24) is 20.7 Å². The van der Waals surface area contributed by atoms with Crippen LogP contribution in [-0.2, 0) is 26.0 Å². The Morgan fingerprint density at radius 2 is 1.46 bits per heavy atom. The number of hydrogen-bond donors (Lipinski definition) is 4. The highest BCUT2D eigenvalue weighted by Gasteiger charge is 2.29. The van der Waals surface area contributed by atoms with Gasteiger partial charge in [0.05, 0.1) is 5.75 Å². The molecule has 0 aliphatic carbocycles. The fourth-order valence-corrected chi connectivity index (χ4v) is 5.11. The first-order valence-corrected chi connectivity index (χ1v) is 14.2. The number of hydrogen-bond acceptors (Lipinski definition) is 5. The van der Waals surface area contributed by atoms with Crippen molar-refractivity contribution in [2.45, 2.75) is 51.6 Å². The van der Waals surface area contributed by atoms with Crippen LogP contribution in [0.1, 0.15) is 49.0 Å². The van der Waals surface area contributed by atoms with Crippen LogP contribution in [0.3, 0.4) is 0 Å². The number of carbonyl (C=O) groups excluding carboxylic acids is 3. The Labute approximate surface area is 219 Å². The summed E-state index contributed by atoms with van der Waals surface area (Å²) in [4.78, 5) is 37.6. The van der Waals surface area contributed by atoms with Gasteiger partial charge in [0.25, 0.3) is 5.91 Å². The Morgan fingerprint density at radius 3 is 2.05 bits per heavy atom. The van der Waals surface area contributed by atoms with E-state index >= 15 is 0 Å². The lowest BCUT2D eigenvalue weighted by Gasteiger charge is -2.24. The van der Waals surface area contributed by atoms with Crippen molar-refractivity contribution < 1.29 is 22.8 Å². The third kappa shape index (κ3) is 11.1. The fraction of sp³-hybridized carbons (Fsp3) is 0.444. The Morgan fingerprint density at radius 1 is 0.838 bits per heavy atom. The zero-order valence-electron chi connectivity index (χ0n) is 21.7. The van der Waals surface area contributed by atoms with Crippen molar-refractivity contribution in [3.8, 4) is 0 Å². The highest BCUT2D eigenvalue weighted by atomic mass is 32.2. The molecule has 0 fully saturated rings. The van der Waals surface area contributed by atoms with Gasteiger partial charge in [0, 0.05) is 25.6 Å². The molecule has 0 saturated carbocycles. The molecule has 0 aliphatic rings. The summed E-state index contributed by atoms with van der Waals surface area (Å²) >= 11 is 0. The molecule has 10 heteroatoms. The molecule has 0 saturated heterocycles. The molecule has 0 heterocycles. The van der Waals surface area contributed by atoms with Crippen LogP contribution in [0.2, 0.25) is 0 Å². The van der Waals surface area contributed by atoms with Gasteiger partial charge in [-0.2, -0.15) is 0 Å². The molecule has 9 nitrogen and oxygen atoms in total. The van der Waals surface area contributed by atoms with E-state index in [1.54, 1.807) is 24.3 Å². The van der Waals surface area contributed by atoms with Gasteiger partial charge < -0.3 is 16.0 Å². The third-order valence-electron chi connectivity index (χ3n) is 5.67. The molecular formula is C27H38N4O5S. The Balaban J connectivity index is 1.92. The standard InChI is InChI=1S/C27H38N4O5S/c1-20(2)18-24(27(34)30-23(26(33)28-3)19-21-12-6-4-7-13-21)31-37(35,36)17-11-10-16-29-25(32)22-14-8-5-9-15-22/h4-9,12-15,20,23-24,31H,10-11,16-19H2,1-3H3,(H,28,33)(H,29,32)(H,30,34)/t23-,24-/m0/s1. The van der Waals surface area contributed by atoms with Crippen LogP contribution in [0.5, 0.6) is 0 Å². The first-order valence-electron chi connectivity index (χ1n) is 12.5. The molecule has 4 N–H and O–H groups in total. The smallest absolute Gasteiger partial charge is 0.251 e. The summed E-state index contributed by atoms with van der Waals surface area (Å²) in [7, 11) is -2.28. The SMILES string of the molecule is CNC(=O)[C@H](Cc1ccccc1)NC(=O)[C@H](CC(C)C)NS(=O)(=O)CCCCNC(=O)c1ccccc1. The van der Waals surface area contributed by atoms with E-state index in [2.05, 4.69) is 20.7 Å². The van der Waals surface area contributed by atoms with Crippen LogP contribution in [0.15, 0.2) is 60.7 Å². The lowest BCUT2D eigenvalue weighted by atomic mass is 10.0. The van der Waals surface area contributed by atoms with Gasteiger partial charge in [-0.3, -0.25) is 14.4 Å². The van der Waals surface area contributed by atoms with Gasteiger partial charge in [0.2, 0.25) is 21.8 Å². The monoisotopic (exact) mass is 530 g/mol. The van der Waals surface area contributed by atoms with E-state index in [1.807, 2.05) is 50.2 Å².